The molecule has 1 fully saturated rings. The van der Waals surface area contributed by atoms with Crippen molar-refractivity contribution in [3.05, 3.63) is 53.3 Å². The number of aromatic nitrogens is 2. The fraction of sp³-hybridized carbons (Fsp3) is 0.333. The van der Waals surface area contributed by atoms with E-state index in [-0.39, 0.29) is 11.6 Å². The Bertz CT molecular complexity index is 1040. The Labute approximate surface area is 167 Å². The number of halogens is 1. The van der Waals surface area contributed by atoms with E-state index in [0.717, 1.165) is 47.5 Å². The summed E-state index contributed by atoms with van der Waals surface area (Å²) in [7, 11) is 1.59. The van der Waals surface area contributed by atoms with Gasteiger partial charge < -0.3 is 19.5 Å². The van der Waals surface area contributed by atoms with Crippen LogP contribution in [0, 0.1) is 0 Å². The minimum atomic E-state index is -0.296. The van der Waals surface area contributed by atoms with Gasteiger partial charge in [-0.2, -0.15) is 0 Å². The summed E-state index contributed by atoms with van der Waals surface area (Å²) in [4.78, 5) is 8.86. The molecule has 2 aliphatic rings. The zero-order valence-corrected chi connectivity index (χ0v) is 16.2. The van der Waals surface area contributed by atoms with Crippen molar-refractivity contribution in [1.82, 2.24) is 9.97 Å². The molecule has 0 aliphatic carbocycles. The Morgan fingerprint density at radius 3 is 2.96 bits per heavy atom. The lowest BCUT2D eigenvalue weighted by Gasteiger charge is -2.39. The topological polar surface area (TPSA) is 65.5 Å². The van der Waals surface area contributed by atoms with Gasteiger partial charge in [-0.3, -0.25) is 0 Å². The van der Waals surface area contributed by atoms with Gasteiger partial charge in [0.25, 0.3) is 0 Å². The lowest BCUT2D eigenvalue weighted by atomic mass is 9.86. The van der Waals surface area contributed by atoms with Gasteiger partial charge in [-0.1, -0.05) is 29.8 Å². The van der Waals surface area contributed by atoms with E-state index >= 15 is 0 Å². The van der Waals surface area contributed by atoms with Gasteiger partial charge in [0.1, 0.15) is 29.2 Å². The van der Waals surface area contributed by atoms with Crippen molar-refractivity contribution in [2.45, 2.75) is 24.5 Å². The number of para-hydroxylation sites is 1. The van der Waals surface area contributed by atoms with E-state index in [1.54, 1.807) is 13.4 Å². The highest BCUT2D eigenvalue weighted by Crippen LogP contribution is 2.45. The predicted molar refractivity (Wildman–Crippen MR) is 107 cm³/mol. The molecular weight excluding hydrogens is 378 g/mol. The maximum absolute atomic E-state index is 6.35. The van der Waals surface area contributed by atoms with Crippen molar-refractivity contribution in [1.29, 1.82) is 0 Å². The molecule has 0 radical (unpaired) electrons. The van der Waals surface area contributed by atoms with E-state index in [1.165, 1.54) is 0 Å². The number of hydrogen-bond acceptors (Lipinski definition) is 6. The number of methoxy groups -OCH3 is 1. The Morgan fingerprint density at radius 1 is 1.25 bits per heavy atom. The molecule has 0 amide bonds. The summed E-state index contributed by atoms with van der Waals surface area (Å²) in [5.41, 5.74) is 1.60. The average Bonchev–Trinajstić information content (AvgIpc) is 3.15. The first kappa shape index (κ1) is 17.5. The van der Waals surface area contributed by atoms with Crippen LogP contribution in [-0.2, 0) is 4.74 Å². The molecule has 7 heteroatoms. The first-order chi connectivity index (χ1) is 13.7. The molecule has 3 heterocycles. The number of fused-ring (bicyclic) bond motifs is 2. The molecular formula is C21H20ClN3O3. The third-order valence-corrected chi connectivity index (χ3v) is 5.78. The molecule has 144 valence electrons. The SMILES string of the molecule is COc1cc2ncnc(NC3CC4(CCOC4)Oc4ccccc43)c2cc1Cl. The molecule has 2 unspecified atom stereocenters. The Kier molecular flexibility index (Phi) is 4.25. The fourth-order valence-corrected chi connectivity index (χ4v) is 4.31. The van der Waals surface area contributed by atoms with Crippen LogP contribution in [0.4, 0.5) is 5.82 Å². The molecule has 1 aromatic heterocycles. The normalized spacial score (nSPS) is 23.4. The van der Waals surface area contributed by atoms with Crippen LogP contribution in [0.3, 0.4) is 0 Å². The van der Waals surface area contributed by atoms with Crippen molar-refractivity contribution in [2.24, 2.45) is 0 Å². The van der Waals surface area contributed by atoms with Gasteiger partial charge >= 0.3 is 0 Å². The zero-order valence-electron chi connectivity index (χ0n) is 15.4. The summed E-state index contributed by atoms with van der Waals surface area (Å²) in [5.74, 6) is 2.23. The van der Waals surface area contributed by atoms with Crippen LogP contribution in [0.25, 0.3) is 10.9 Å². The molecule has 0 bridgehead atoms. The van der Waals surface area contributed by atoms with Crippen LogP contribution in [0.1, 0.15) is 24.4 Å². The van der Waals surface area contributed by atoms with E-state index in [4.69, 9.17) is 25.8 Å². The number of nitrogens with zero attached hydrogens (tertiary/aromatic N) is 2. The van der Waals surface area contributed by atoms with Gasteiger partial charge in [-0.15, -0.1) is 0 Å². The average molecular weight is 398 g/mol. The van der Waals surface area contributed by atoms with Crippen LogP contribution in [-0.4, -0.2) is 35.9 Å². The summed E-state index contributed by atoms with van der Waals surface area (Å²) < 4.78 is 17.3. The third kappa shape index (κ3) is 2.93. The number of anilines is 1. The number of hydrogen-bond donors (Lipinski definition) is 1. The molecule has 3 aromatic rings. The maximum Gasteiger partial charge on any atom is 0.139 e. The quantitative estimate of drug-likeness (QED) is 0.707. The first-order valence-corrected chi connectivity index (χ1v) is 9.66. The van der Waals surface area contributed by atoms with Crippen LogP contribution < -0.4 is 14.8 Å². The predicted octanol–water partition coefficient (Wildman–Crippen LogP) is 4.39. The molecule has 1 saturated heterocycles. The van der Waals surface area contributed by atoms with Gasteiger partial charge in [0.05, 0.1) is 36.9 Å². The number of rotatable bonds is 3. The standard InChI is InChI=1S/C21H20ClN3O3/c1-26-19-9-16-14(8-15(19)22)20(24-12-23-16)25-17-10-21(6-7-27-11-21)28-18-5-3-2-4-13(17)18/h2-5,8-9,12,17H,6-7,10-11H2,1H3,(H,23,24,25). The van der Waals surface area contributed by atoms with Crippen LogP contribution >= 0.6 is 11.6 Å². The lowest BCUT2D eigenvalue weighted by Crippen LogP contribution is -2.43. The van der Waals surface area contributed by atoms with Crippen molar-refractivity contribution >= 4 is 28.3 Å². The Hall–Kier alpha value is -2.57. The Balaban J connectivity index is 1.56. The van der Waals surface area contributed by atoms with Crippen LogP contribution in [0.15, 0.2) is 42.7 Å². The van der Waals surface area contributed by atoms with E-state index in [2.05, 4.69) is 21.4 Å². The number of ether oxygens (including phenoxy) is 3. The lowest BCUT2D eigenvalue weighted by molar-refractivity contribution is 0.0257. The van der Waals surface area contributed by atoms with Crippen LogP contribution in [0.2, 0.25) is 5.02 Å². The first-order valence-electron chi connectivity index (χ1n) is 9.28. The summed E-state index contributed by atoms with van der Waals surface area (Å²) in [5, 5.41) is 4.99. The van der Waals surface area contributed by atoms with Crippen molar-refractivity contribution in [3.63, 3.8) is 0 Å². The summed E-state index contributed by atoms with van der Waals surface area (Å²) in [6.07, 6.45) is 3.24. The summed E-state index contributed by atoms with van der Waals surface area (Å²) in [6, 6.07) is 11.9. The minimum absolute atomic E-state index is 0.0469. The number of nitrogens with one attached hydrogen (secondary N) is 1. The van der Waals surface area contributed by atoms with E-state index in [9.17, 15) is 0 Å². The van der Waals surface area contributed by atoms with Gasteiger partial charge in [0, 0.05) is 29.9 Å². The second-order valence-electron chi connectivity index (χ2n) is 7.25. The van der Waals surface area contributed by atoms with Crippen molar-refractivity contribution in [2.75, 3.05) is 25.6 Å². The number of benzene rings is 2. The molecule has 1 N–H and O–H groups in total. The smallest absolute Gasteiger partial charge is 0.139 e. The fourth-order valence-electron chi connectivity index (χ4n) is 4.07. The maximum atomic E-state index is 6.35. The molecule has 1 spiro atoms. The molecule has 2 atom stereocenters. The van der Waals surface area contributed by atoms with E-state index in [0.29, 0.717) is 17.4 Å². The molecule has 2 aliphatic heterocycles. The zero-order chi connectivity index (χ0) is 19.1. The van der Waals surface area contributed by atoms with Crippen molar-refractivity contribution in [3.8, 4) is 11.5 Å². The van der Waals surface area contributed by atoms with Crippen LogP contribution in [0.5, 0.6) is 11.5 Å². The summed E-state index contributed by atoms with van der Waals surface area (Å²) in [6.45, 7) is 1.33. The molecule has 0 saturated carbocycles. The minimum Gasteiger partial charge on any atom is -0.495 e. The van der Waals surface area contributed by atoms with E-state index in [1.807, 2.05) is 30.3 Å². The van der Waals surface area contributed by atoms with Gasteiger partial charge in [0.15, 0.2) is 0 Å². The molecule has 6 nitrogen and oxygen atoms in total. The van der Waals surface area contributed by atoms with E-state index < -0.39 is 0 Å². The molecule has 5 rings (SSSR count). The van der Waals surface area contributed by atoms with Gasteiger partial charge in [0.2, 0.25) is 0 Å². The molecule has 2 aromatic carbocycles. The molecule has 28 heavy (non-hydrogen) atoms. The highest BCUT2D eigenvalue weighted by atomic mass is 35.5. The van der Waals surface area contributed by atoms with Crippen molar-refractivity contribution < 1.29 is 14.2 Å². The largest absolute Gasteiger partial charge is 0.495 e. The Morgan fingerprint density at radius 2 is 2.14 bits per heavy atom. The highest BCUT2D eigenvalue weighted by Gasteiger charge is 2.44. The highest BCUT2D eigenvalue weighted by molar-refractivity contribution is 6.33. The van der Waals surface area contributed by atoms with Gasteiger partial charge in [-0.25, -0.2) is 9.97 Å². The monoisotopic (exact) mass is 397 g/mol. The second kappa shape index (κ2) is 6.79. The van der Waals surface area contributed by atoms with Gasteiger partial charge in [-0.05, 0) is 12.1 Å². The summed E-state index contributed by atoms with van der Waals surface area (Å²) >= 11 is 6.35. The third-order valence-electron chi connectivity index (χ3n) is 5.48. The second-order valence-corrected chi connectivity index (χ2v) is 7.66.